The quantitative estimate of drug-likeness (QED) is 0.243. The van der Waals surface area contributed by atoms with Gasteiger partial charge in [0.2, 0.25) is 0 Å². The molecule has 0 fully saturated rings. The standard InChI is InChI=1S/C6H12N6O2/c7-11-9-1-3-13-5-6-14-4-2-10-12-8/h1-6H2. The van der Waals surface area contributed by atoms with Crippen LogP contribution < -0.4 is 0 Å². The van der Waals surface area contributed by atoms with Crippen LogP contribution in [0.15, 0.2) is 10.2 Å². The monoisotopic (exact) mass is 200 g/mol. The van der Waals surface area contributed by atoms with E-state index in [4.69, 9.17) is 20.5 Å². The second-order valence-corrected chi connectivity index (χ2v) is 2.13. The fourth-order valence-corrected chi connectivity index (χ4v) is 0.622. The molecule has 0 N–H and O–H groups in total. The molecule has 0 spiro atoms. The minimum absolute atomic E-state index is 0.329. The van der Waals surface area contributed by atoms with Crippen LogP contribution in [0.5, 0.6) is 0 Å². The maximum Gasteiger partial charge on any atom is 0.0700 e. The summed E-state index contributed by atoms with van der Waals surface area (Å²) in [5.74, 6) is 0. The fraction of sp³-hybridized carbons (Fsp3) is 1.00. The molecule has 0 aromatic rings. The number of hydrogen-bond donors (Lipinski definition) is 0. The topological polar surface area (TPSA) is 116 Å². The Morgan fingerprint density at radius 1 is 0.786 bits per heavy atom. The van der Waals surface area contributed by atoms with Gasteiger partial charge in [0.05, 0.1) is 26.4 Å². The van der Waals surface area contributed by atoms with Gasteiger partial charge in [-0.2, -0.15) is 0 Å². The Hall–Kier alpha value is -1.46. The van der Waals surface area contributed by atoms with Crippen molar-refractivity contribution in [3.8, 4) is 0 Å². The molecule has 0 saturated carbocycles. The van der Waals surface area contributed by atoms with Gasteiger partial charge in [-0.25, -0.2) is 0 Å². The summed E-state index contributed by atoms with van der Waals surface area (Å²) >= 11 is 0. The normalized spacial score (nSPS) is 8.86. The lowest BCUT2D eigenvalue weighted by Crippen LogP contribution is -2.08. The summed E-state index contributed by atoms with van der Waals surface area (Å²) in [5.41, 5.74) is 15.9. The van der Waals surface area contributed by atoms with Gasteiger partial charge in [-0.05, 0) is 11.1 Å². The first-order valence-electron chi connectivity index (χ1n) is 4.09. The number of nitrogens with zero attached hydrogens (tertiary/aromatic N) is 6. The van der Waals surface area contributed by atoms with Crippen molar-refractivity contribution < 1.29 is 9.47 Å². The largest absolute Gasteiger partial charge is 0.379 e. The van der Waals surface area contributed by atoms with Crippen molar-refractivity contribution in [1.82, 2.24) is 0 Å². The van der Waals surface area contributed by atoms with E-state index in [9.17, 15) is 0 Å². The van der Waals surface area contributed by atoms with Crippen LogP contribution in [0.2, 0.25) is 0 Å². The molecule has 14 heavy (non-hydrogen) atoms. The molecule has 0 aromatic carbocycles. The van der Waals surface area contributed by atoms with Crippen LogP contribution >= 0.6 is 0 Å². The van der Waals surface area contributed by atoms with Gasteiger partial charge in [0.15, 0.2) is 0 Å². The maximum absolute atomic E-state index is 7.93. The molecule has 0 heterocycles. The van der Waals surface area contributed by atoms with Crippen LogP contribution in [0.3, 0.4) is 0 Å². The predicted molar refractivity (Wildman–Crippen MR) is 49.7 cm³/mol. The molecule has 0 aliphatic rings. The van der Waals surface area contributed by atoms with Crippen molar-refractivity contribution >= 4 is 0 Å². The van der Waals surface area contributed by atoms with Crippen LogP contribution in [-0.2, 0) is 9.47 Å². The van der Waals surface area contributed by atoms with Gasteiger partial charge in [0, 0.05) is 22.9 Å². The molecule has 0 rings (SSSR count). The third-order valence-corrected chi connectivity index (χ3v) is 1.17. The first-order valence-corrected chi connectivity index (χ1v) is 4.09. The van der Waals surface area contributed by atoms with E-state index >= 15 is 0 Å². The molecule has 0 aliphatic carbocycles. The zero-order valence-electron chi connectivity index (χ0n) is 7.74. The molecule has 0 unspecified atom stereocenters. The number of azide groups is 2. The highest BCUT2D eigenvalue weighted by molar-refractivity contribution is 4.45. The molecule has 8 nitrogen and oxygen atoms in total. The summed E-state index contributed by atoms with van der Waals surface area (Å²) < 4.78 is 10.1. The zero-order valence-corrected chi connectivity index (χ0v) is 7.74. The first-order chi connectivity index (χ1) is 6.91. The molecular weight excluding hydrogens is 188 g/mol. The van der Waals surface area contributed by atoms with Gasteiger partial charge in [-0.15, -0.1) is 0 Å². The van der Waals surface area contributed by atoms with E-state index in [1.807, 2.05) is 0 Å². The van der Waals surface area contributed by atoms with E-state index in [0.717, 1.165) is 0 Å². The number of rotatable bonds is 9. The van der Waals surface area contributed by atoms with Crippen LogP contribution in [0.25, 0.3) is 20.9 Å². The molecule has 0 amide bonds. The first kappa shape index (κ1) is 12.5. The summed E-state index contributed by atoms with van der Waals surface area (Å²) in [6.07, 6.45) is 0. The number of ether oxygens (including phenoxy) is 2. The average Bonchev–Trinajstić information content (AvgIpc) is 2.21. The summed E-state index contributed by atoms with van der Waals surface area (Å²) in [5, 5.41) is 6.58. The Labute approximate surface area is 81.1 Å². The van der Waals surface area contributed by atoms with Gasteiger partial charge in [0.25, 0.3) is 0 Å². The lowest BCUT2D eigenvalue weighted by Gasteiger charge is -2.02. The van der Waals surface area contributed by atoms with Crippen LogP contribution in [0.4, 0.5) is 0 Å². The van der Waals surface area contributed by atoms with Gasteiger partial charge in [0.1, 0.15) is 0 Å². The Morgan fingerprint density at radius 2 is 1.21 bits per heavy atom. The molecule has 0 bridgehead atoms. The van der Waals surface area contributed by atoms with Gasteiger partial charge < -0.3 is 9.47 Å². The molecule has 0 radical (unpaired) electrons. The Balaban J connectivity index is 2.98. The minimum atomic E-state index is 0.329. The van der Waals surface area contributed by atoms with Gasteiger partial charge >= 0.3 is 0 Å². The third-order valence-electron chi connectivity index (χ3n) is 1.17. The van der Waals surface area contributed by atoms with E-state index in [2.05, 4.69) is 20.1 Å². The molecule has 0 atom stereocenters. The fourth-order valence-electron chi connectivity index (χ4n) is 0.622. The zero-order chi connectivity index (χ0) is 10.5. The van der Waals surface area contributed by atoms with E-state index < -0.39 is 0 Å². The molecule has 78 valence electrons. The molecule has 0 aromatic heterocycles. The van der Waals surface area contributed by atoms with Crippen LogP contribution in [0, 0.1) is 0 Å². The summed E-state index contributed by atoms with van der Waals surface area (Å²) in [6.45, 7) is 2.33. The second kappa shape index (κ2) is 11.5. The van der Waals surface area contributed by atoms with Crippen LogP contribution in [-0.4, -0.2) is 39.5 Å². The van der Waals surface area contributed by atoms with Crippen molar-refractivity contribution in [2.24, 2.45) is 10.2 Å². The molecule has 8 heteroatoms. The van der Waals surface area contributed by atoms with E-state index in [-0.39, 0.29) is 0 Å². The lowest BCUT2D eigenvalue weighted by molar-refractivity contribution is 0.0539. The van der Waals surface area contributed by atoms with Gasteiger partial charge in [-0.1, -0.05) is 10.2 Å². The Kier molecular flexibility index (Phi) is 10.3. The maximum atomic E-state index is 7.93. The summed E-state index contributed by atoms with van der Waals surface area (Å²) in [4.78, 5) is 5.14. The van der Waals surface area contributed by atoms with Gasteiger partial charge in [-0.3, -0.25) is 0 Å². The van der Waals surface area contributed by atoms with E-state index in [1.54, 1.807) is 0 Å². The van der Waals surface area contributed by atoms with E-state index in [0.29, 0.717) is 39.5 Å². The highest BCUT2D eigenvalue weighted by Crippen LogP contribution is 1.81. The highest BCUT2D eigenvalue weighted by atomic mass is 16.5. The second-order valence-electron chi connectivity index (χ2n) is 2.13. The predicted octanol–water partition coefficient (Wildman–Crippen LogP) is 1.64. The van der Waals surface area contributed by atoms with Crippen LogP contribution in [0.1, 0.15) is 0 Å². The SMILES string of the molecule is [N-]=[N+]=NCCOCCOCCN=[N+]=[N-]. The summed E-state index contributed by atoms with van der Waals surface area (Å²) in [7, 11) is 0. The number of hydrogen-bond acceptors (Lipinski definition) is 4. The Morgan fingerprint density at radius 3 is 1.57 bits per heavy atom. The minimum Gasteiger partial charge on any atom is -0.379 e. The highest BCUT2D eigenvalue weighted by Gasteiger charge is 1.88. The van der Waals surface area contributed by atoms with Crippen molar-refractivity contribution in [3.63, 3.8) is 0 Å². The third kappa shape index (κ3) is 10.5. The summed E-state index contributed by atoms with van der Waals surface area (Å²) in [6, 6.07) is 0. The molecule has 0 aliphatic heterocycles. The molecule has 0 saturated heterocycles. The van der Waals surface area contributed by atoms with Crippen molar-refractivity contribution in [3.05, 3.63) is 20.9 Å². The van der Waals surface area contributed by atoms with E-state index in [1.165, 1.54) is 0 Å². The smallest absolute Gasteiger partial charge is 0.0700 e. The van der Waals surface area contributed by atoms with Crippen molar-refractivity contribution in [2.45, 2.75) is 0 Å². The van der Waals surface area contributed by atoms with Crippen molar-refractivity contribution in [1.29, 1.82) is 0 Å². The van der Waals surface area contributed by atoms with Crippen molar-refractivity contribution in [2.75, 3.05) is 39.5 Å². The Bertz CT molecular complexity index is 196. The molecular formula is C6H12N6O2. The lowest BCUT2D eigenvalue weighted by atomic mass is 10.7. The average molecular weight is 200 g/mol.